The summed E-state index contributed by atoms with van der Waals surface area (Å²) in [6.07, 6.45) is 0. The van der Waals surface area contributed by atoms with Crippen molar-refractivity contribution in [2.45, 2.75) is 6.92 Å². The van der Waals surface area contributed by atoms with E-state index in [1.807, 2.05) is 36.4 Å². The van der Waals surface area contributed by atoms with E-state index in [0.717, 1.165) is 0 Å². The first-order valence-corrected chi connectivity index (χ1v) is 9.29. The van der Waals surface area contributed by atoms with Crippen molar-refractivity contribution in [1.29, 1.82) is 5.26 Å². The highest BCUT2D eigenvalue weighted by Gasteiger charge is 2.20. The molecule has 0 saturated carbocycles. The van der Waals surface area contributed by atoms with Crippen LogP contribution in [0.4, 0.5) is 0 Å². The Bertz CT molecular complexity index is 913. The summed E-state index contributed by atoms with van der Waals surface area (Å²) in [4.78, 5) is 23.3. The lowest BCUT2D eigenvalue weighted by Gasteiger charge is -2.12. The largest absolute Gasteiger partial charge is 0.497 e. The van der Waals surface area contributed by atoms with Gasteiger partial charge in [-0.3, -0.25) is 4.79 Å². The Morgan fingerprint density at radius 3 is 2.03 bits per heavy atom. The molecule has 0 amide bonds. The zero-order valence-corrected chi connectivity index (χ0v) is 16.9. The fraction of sp³-hybridized carbons (Fsp3) is 0.261. The van der Waals surface area contributed by atoms with E-state index in [2.05, 4.69) is 0 Å². The number of benzene rings is 2. The van der Waals surface area contributed by atoms with Gasteiger partial charge in [0, 0.05) is 12.5 Å². The maximum atomic E-state index is 12.6. The summed E-state index contributed by atoms with van der Waals surface area (Å²) < 4.78 is 20.4. The Balaban J connectivity index is 2.16. The van der Waals surface area contributed by atoms with E-state index in [0.29, 0.717) is 22.4 Å². The van der Waals surface area contributed by atoms with E-state index in [1.54, 1.807) is 31.4 Å². The lowest BCUT2D eigenvalue weighted by molar-refractivity contribution is -0.143. The van der Waals surface area contributed by atoms with Crippen LogP contribution in [-0.4, -0.2) is 45.5 Å². The first-order valence-electron chi connectivity index (χ1n) is 9.29. The molecule has 0 bridgehead atoms. The van der Waals surface area contributed by atoms with Crippen LogP contribution in [0, 0.1) is 11.3 Å². The number of carbonyl (C=O) groups is 2. The molecule has 0 aliphatic heterocycles. The molecule has 7 nitrogen and oxygen atoms in total. The number of hydrogen-bond acceptors (Lipinski definition) is 7. The quantitative estimate of drug-likeness (QED) is 0.257. The summed E-state index contributed by atoms with van der Waals surface area (Å²) in [5.74, 6) is -0.463. The highest BCUT2D eigenvalue weighted by Crippen LogP contribution is 2.29. The van der Waals surface area contributed by atoms with Gasteiger partial charge in [-0.05, 0) is 23.3 Å². The van der Waals surface area contributed by atoms with Crippen LogP contribution in [-0.2, 0) is 23.8 Å². The van der Waals surface area contributed by atoms with E-state index in [4.69, 9.17) is 18.9 Å². The molecule has 30 heavy (non-hydrogen) atoms. The highest BCUT2D eigenvalue weighted by molar-refractivity contribution is 6.05. The Morgan fingerprint density at radius 2 is 1.47 bits per heavy atom. The van der Waals surface area contributed by atoms with Gasteiger partial charge in [0.2, 0.25) is 0 Å². The zero-order chi connectivity index (χ0) is 21.8. The molecule has 0 unspecified atom stereocenters. The number of esters is 2. The van der Waals surface area contributed by atoms with Crippen LogP contribution in [0.2, 0.25) is 0 Å². The lowest BCUT2D eigenvalue weighted by atomic mass is 9.93. The molecular weight excluding hydrogens is 386 g/mol. The summed E-state index contributed by atoms with van der Waals surface area (Å²) in [6.45, 7) is 1.72. The summed E-state index contributed by atoms with van der Waals surface area (Å²) in [6, 6.07) is 18.2. The fourth-order valence-electron chi connectivity index (χ4n) is 2.63. The number of rotatable bonds is 10. The molecular formula is C23H23NO6. The fourth-order valence-corrected chi connectivity index (χ4v) is 2.63. The Hall–Kier alpha value is -3.63. The van der Waals surface area contributed by atoms with Gasteiger partial charge in [0.05, 0.1) is 20.3 Å². The van der Waals surface area contributed by atoms with E-state index in [9.17, 15) is 14.9 Å². The Morgan fingerprint density at radius 1 is 0.867 bits per heavy atom. The third kappa shape index (κ3) is 6.76. The monoisotopic (exact) mass is 409 g/mol. The molecule has 0 aliphatic rings. The van der Waals surface area contributed by atoms with Crippen molar-refractivity contribution in [3.05, 3.63) is 71.3 Å². The number of nitriles is 1. The summed E-state index contributed by atoms with van der Waals surface area (Å²) in [5.41, 5.74) is 1.77. The number of nitrogens with zero attached hydrogens (tertiary/aromatic N) is 1. The normalized spacial score (nSPS) is 11.1. The minimum atomic E-state index is -0.740. The predicted octanol–water partition coefficient (Wildman–Crippen LogP) is 3.14. The van der Waals surface area contributed by atoms with Gasteiger partial charge in [-0.15, -0.1) is 0 Å². The molecule has 7 heteroatoms. The number of ether oxygens (including phenoxy) is 4. The van der Waals surface area contributed by atoms with Crippen molar-refractivity contribution < 1.29 is 28.5 Å². The van der Waals surface area contributed by atoms with E-state index in [1.165, 1.54) is 6.92 Å². The third-order valence-electron chi connectivity index (χ3n) is 4.00. The minimum absolute atomic E-state index is 0.0330. The van der Waals surface area contributed by atoms with Crippen LogP contribution in [0.25, 0.3) is 5.57 Å². The van der Waals surface area contributed by atoms with Gasteiger partial charge in [-0.2, -0.15) is 5.26 Å². The summed E-state index contributed by atoms with van der Waals surface area (Å²) >= 11 is 0. The van der Waals surface area contributed by atoms with E-state index in [-0.39, 0.29) is 38.0 Å². The molecule has 0 N–H and O–H groups in total. The third-order valence-corrected chi connectivity index (χ3v) is 4.00. The first kappa shape index (κ1) is 22.7. The van der Waals surface area contributed by atoms with Crippen molar-refractivity contribution in [3.8, 4) is 11.8 Å². The maximum absolute atomic E-state index is 12.6. The molecule has 0 heterocycles. The summed E-state index contributed by atoms with van der Waals surface area (Å²) in [7, 11) is 1.56. The second-order valence-corrected chi connectivity index (χ2v) is 6.04. The average Bonchev–Trinajstić information content (AvgIpc) is 2.77. The molecule has 0 fully saturated rings. The second-order valence-electron chi connectivity index (χ2n) is 6.04. The van der Waals surface area contributed by atoms with Crippen LogP contribution < -0.4 is 4.74 Å². The molecule has 0 spiro atoms. The number of hydrogen-bond donors (Lipinski definition) is 0. The van der Waals surface area contributed by atoms with Gasteiger partial charge in [-0.25, -0.2) is 4.79 Å². The van der Waals surface area contributed by atoms with E-state index >= 15 is 0 Å². The molecule has 0 atom stereocenters. The van der Waals surface area contributed by atoms with Crippen LogP contribution in [0.15, 0.2) is 60.2 Å². The molecule has 0 radical (unpaired) electrons. The average molecular weight is 409 g/mol. The maximum Gasteiger partial charge on any atom is 0.349 e. The van der Waals surface area contributed by atoms with Gasteiger partial charge < -0.3 is 18.9 Å². The van der Waals surface area contributed by atoms with Crippen LogP contribution in [0.1, 0.15) is 18.1 Å². The van der Waals surface area contributed by atoms with Gasteiger partial charge in [0.25, 0.3) is 0 Å². The van der Waals surface area contributed by atoms with Crippen LogP contribution in [0.5, 0.6) is 5.75 Å². The first-order chi connectivity index (χ1) is 14.6. The van der Waals surface area contributed by atoms with Crippen molar-refractivity contribution in [3.63, 3.8) is 0 Å². The SMILES string of the molecule is COc1ccc(C(=C(C#N)C(=O)OCCOCCOC(C)=O)c2ccccc2)cc1. The molecule has 2 rings (SSSR count). The van der Waals surface area contributed by atoms with Crippen molar-refractivity contribution >= 4 is 17.5 Å². The van der Waals surface area contributed by atoms with Crippen LogP contribution >= 0.6 is 0 Å². The zero-order valence-electron chi connectivity index (χ0n) is 16.9. The second kappa shape index (κ2) is 12.0. The van der Waals surface area contributed by atoms with Crippen molar-refractivity contribution in [2.24, 2.45) is 0 Å². The summed E-state index contributed by atoms with van der Waals surface area (Å²) in [5, 5.41) is 9.70. The predicted molar refractivity (Wildman–Crippen MR) is 109 cm³/mol. The molecule has 156 valence electrons. The molecule has 2 aromatic rings. The smallest absolute Gasteiger partial charge is 0.349 e. The van der Waals surface area contributed by atoms with Crippen LogP contribution in [0.3, 0.4) is 0 Å². The minimum Gasteiger partial charge on any atom is -0.497 e. The van der Waals surface area contributed by atoms with Gasteiger partial charge in [0.15, 0.2) is 0 Å². The molecule has 0 aromatic heterocycles. The topological polar surface area (TPSA) is 94.8 Å². The molecule has 0 aliphatic carbocycles. The number of carbonyl (C=O) groups excluding carboxylic acids is 2. The molecule has 0 saturated heterocycles. The van der Waals surface area contributed by atoms with Crippen molar-refractivity contribution in [2.75, 3.05) is 33.5 Å². The van der Waals surface area contributed by atoms with Gasteiger partial charge in [-0.1, -0.05) is 42.5 Å². The number of methoxy groups -OCH3 is 1. The van der Waals surface area contributed by atoms with Crippen molar-refractivity contribution in [1.82, 2.24) is 0 Å². The Kier molecular flexibility index (Phi) is 9.10. The van der Waals surface area contributed by atoms with Gasteiger partial charge >= 0.3 is 11.9 Å². The van der Waals surface area contributed by atoms with E-state index < -0.39 is 5.97 Å². The van der Waals surface area contributed by atoms with Gasteiger partial charge in [0.1, 0.15) is 30.6 Å². The Labute approximate surface area is 175 Å². The standard InChI is InChI=1S/C23H23NO6/c1-17(25)29-14-12-28-13-15-30-23(26)21(16-24)22(18-6-4-3-5-7-18)19-8-10-20(27-2)11-9-19/h3-11H,12-15H2,1-2H3. The molecule has 2 aromatic carbocycles. The lowest BCUT2D eigenvalue weighted by Crippen LogP contribution is -2.15. The highest BCUT2D eigenvalue weighted by atomic mass is 16.6.